The second kappa shape index (κ2) is 8.21. The molecule has 1 aromatic carbocycles. The summed E-state index contributed by atoms with van der Waals surface area (Å²) >= 11 is 0. The minimum Gasteiger partial charge on any atom is -0.481 e. The summed E-state index contributed by atoms with van der Waals surface area (Å²) in [6, 6.07) is 10.4. The predicted molar refractivity (Wildman–Crippen MR) is 74.8 cm³/mol. The summed E-state index contributed by atoms with van der Waals surface area (Å²) in [5.74, 6) is -0.475. The van der Waals surface area contributed by atoms with Gasteiger partial charge < -0.3 is 10.4 Å². The molecule has 0 bridgehead atoms. The van der Waals surface area contributed by atoms with Gasteiger partial charge in [0.2, 0.25) is 0 Å². The van der Waals surface area contributed by atoms with Gasteiger partial charge in [-0.05, 0) is 5.56 Å². The highest BCUT2D eigenvalue weighted by molar-refractivity contribution is 5.80. The molecule has 1 aliphatic rings. The number of nitrogens with one attached hydrogen (secondary N) is 1. The van der Waals surface area contributed by atoms with Crippen LogP contribution >= 0.6 is 0 Å². The maximum absolute atomic E-state index is 11.2. The summed E-state index contributed by atoms with van der Waals surface area (Å²) in [7, 11) is 0. The lowest BCUT2D eigenvalue weighted by Gasteiger charge is -2.19. The Bertz CT molecular complexity index is 436. The fraction of sp³-hybridized carbons (Fsp3) is 0.333. The van der Waals surface area contributed by atoms with Crippen LogP contribution in [-0.4, -0.2) is 29.4 Å². The minimum atomic E-state index is -0.833. The number of hydrogen-bond acceptors (Lipinski definition) is 3. The smallest absolute Gasteiger partial charge is 0.300 e. The molecule has 0 spiro atoms. The average Bonchev–Trinajstić information content (AvgIpc) is 2.37. The van der Waals surface area contributed by atoms with Gasteiger partial charge in [-0.25, -0.2) is 0 Å². The number of hydrogen-bond donors (Lipinski definition) is 2. The van der Waals surface area contributed by atoms with Crippen molar-refractivity contribution in [2.45, 2.75) is 25.8 Å². The summed E-state index contributed by atoms with van der Waals surface area (Å²) in [5.41, 5.74) is 1.18. The lowest BCUT2D eigenvalue weighted by Crippen LogP contribution is -2.36. The monoisotopic (exact) mass is 261 g/mol. The third kappa shape index (κ3) is 7.16. The fourth-order valence-electron chi connectivity index (χ4n) is 1.74. The van der Waals surface area contributed by atoms with Crippen molar-refractivity contribution < 1.29 is 14.7 Å². The van der Waals surface area contributed by atoms with E-state index in [4.69, 9.17) is 9.90 Å². The molecule has 1 aromatic rings. The first-order chi connectivity index (χ1) is 9.08. The number of ketones is 1. The van der Waals surface area contributed by atoms with Crippen LogP contribution in [0.5, 0.6) is 0 Å². The van der Waals surface area contributed by atoms with Crippen molar-refractivity contribution in [3.05, 3.63) is 42.0 Å². The normalized spacial score (nSPS) is 18.8. The second-order valence-corrected chi connectivity index (χ2v) is 4.34. The zero-order valence-corrected chi connectivity index (χ0v) is 11.0. The number of aliphatic carboxylic acids is 1. The molecule has 102 valence electrons. The molecular formula is C15H19NO3. The third-order valence-electron chi connectivity index (χ3n) is 2.58. The summed E-state index contributed by atoms with van der Waals surface area (Å²) in [4.78, 5) is 20.2. The molecule has 0 aliphatic carbocycles. The fourth-order valence-corrected chi connectivity index (χ4v) is 1.74. The van der Waals surface area contributed by atoms with Gasteiger partial charge in [0.25, 0.3) is 5.97 Å². The summed E-state index contributed by atoms with van der Waals surface area (Å²) < 4.78 is 0. The molecule has 2 N–H and O–H groups in total. The minimum absolute atomic E-state index is 0.214. The van der Waals surface area contributed by atoms with E-state index in [0.717, 1.165) is 13.5 Å². The quantitative estimate of drug-likeness (QED) is 0.855. The van der Waals surface area contributed by atoms with Gasteiger partial charge in [0.05, 0.1) is 0 Å². The number of carboxylic acid groups (broad SMARTS) is 1. The van der Waals surface area contributed by atoms with E-state index in [-0.39, 0.29) is 6.04 Å². The molecule has 1 heterocycles. The van der Waals surface area contributed by atoms with Gasteiger partial charge >= 0.3 is 0 Å². The van der Waals surface area contributed by atoms with Gasteiger partial charge in [-0.3, -0.25) is 9.59 Å². The topological polar surface area (TPSA) is 66.4 Å². The van der Waals surface area contributed by atoms with E-state index < -0.39 is 5.97 Å². The highest BCUT2D eigenvalue weighted by atomic mass is 16.4. The van der Waals surface area contributed by atoms with Crippen molar-refractivity contribution in [1.82, 2.24) is 5.32 Å². The molecule has 1 atom stereocenters. The van der Waals surface area contributed by atoms with E-state index in [1.807, 2.05) is 18.2 Å². The average molecular weight is 261 g/mol. The van der Waals surface area contributed by atoms with E-state index in [9.17, 15) is 4.79 Å². The van der Waals surface area contributed by atoms with Crippen LogP contribution < -0.4 is 5.32 Å². The molecule has 4 heteroatoms. The highest BCUT2D eigenvalue weighted by Crippen LogP contribution is 2.08. The number of piperidine rings is 1. The van der Waals surface area contributed by atoms with Crippen molar-refractivity contribution >= 4 is 17.8 Å². The number of carbonyl (C=O) groups excluding carboxylic acids is 1. The van der Waals surface area contributed by atoms with Gasteiger partial charge in [0.15, 0.2) is 0 Å². The largest absolute Gasteiger partial charge is 0.481 e. The second-order valence-electron chi connectivity index (χ2n) is 4.34. The Kier molecular flexibility index (Phi) is 6.53. The SMILES string of the molecule is CC(=O)O.O=C1CCNC(C=Cc2ccccc2)C1. The van der Waals surface area contributed by atoms with Crippen LogP contribution in [0.1, 0.15) is 25.3 Å². The van der Waals surface area contributed by atoms with Crippen molar-refractivity contribution in [3.8, 4) is 0 Å². The summed E-state index contributed by atoms with van der Waals surface area (Å²) in [5, 5.41) is 10.7. The van der Waals surface area contributed by atoms with E-state index in [2.05, 4.69) is 29.6 Å². The van der Waals surface area contributed by atoms with Crippen LogP contribution in [0, 0.1) is 0 Å². The molecule has 19 heavy (non-hydrogen) atoms. The van der Waals surface area contributed by atoms with Gasteiger partial charge in [0.1, 0.15) is 5.78 Å². The Morgan fingerprint density at radius 2 is 2.00 bits per heavy atom. The van der Waals surface area contributed by atoms with E-state index in [0.29, 0.717) is 18.6 Å². The zero-order chi connectivity index (χ0) is 14.1. The highest BCUT2D eigenvalue weighted by Gasteiger charge is 2.15. The molecule has 0 amide bonds. The molecule has 1 unspecified atom stereocenters. The molecular weight excluding hydrogens is 242 g/mol. The lowest BCUT2D eigenvalue weighted by molar-refractivity contribution is -0.134. The standard InChI is InChI=1S/C13H15NO.C2H4O2/c15-13-8-9-14-12(10-13)7-6-11-4-2-1-3-5-11;1-2(3)4/h1-7,12,14H,8-10H2;1H3,(H,3,4). The molecule has 0 aromatic heterocycles. The molecule has 1 aliphatic heterocycles. The first kappa shape index (κ1) is 15.1. The summed E-state index contributed by atoms with van der Waals surface area (Å²) in [6.45, 7) is 1.89. The molecule has 0 radical (unpaired) electrons. The first-order valence-electron chi connectivity index (χ1n) is 6.26. The number of rotatable bonds is 2. The van der Waals surface area contributed by atoms with E-state index >= 15 is 0 Å². The Morgan fingerprint density at radius 3 is 2.58 bits per heavy atom. The maximum atomic E-state index is 11.2. The van der Waals surface area contributed by atoms with Gasteiger partial charge in [-0.1, -0.05) is 42.5 Å². The van der Waals surface area contributed by atoms with Crippen LogP contribution in [0.3, 0.4) is 0 Å². The predicted octanol–water partition coefficient (Wildman–Crippen LogP) is 2.11. The Labute approximate surface area is 113 Å². The van der Waals surface area contributed by atoms with Crippen LogP contribution in [0.15, 0.2) is 36.4 Å². The Morgan fingerprint density at radius 1 is 1.37 bits per heavy atom. The Hall–Kier alpha value is -1.94. The number of Topliss-reactive ketones (excluding diaryl/α,β-unsaturated/α-hetero) is 1. The molecule has 4 nitrogen and oxygen atoms in total. The van der Waals surface area contributed by atoms with Gasteiger partial charge in [-0.2, -0.15) is 0 Å². The number of carboxylic acids is 1. The Balaban J connectivity index is 0.000000399. The van der Waals surface area contributed by atoms with Crippen LogP contribution in [-0.2, 0) is 9.59 Å². The molecule has 1 fully saturated rings. The zero-order valence-electron chi connectivity index (χ0n) is 11.0. The summed E-state index contributed by atoms with van der Waals surface area (Å²) in [6.07, 6.45) is 5.45. The molecule has 1 saturated heterocycles. The molecule has 0 saturated carbocycles. The lowest BCUT2D eigenvalue weighted by atomic mass is 10.0. The van der Waals surface area contributed by atoms with Crippen LogP contribution in [0.4, 0.5) is 0 Å². The van der Waals surface area contributed by atoms with Crippen molar-refractivity contribution in [3.63, 3.8) is 0 Å². The van der Waals surface area contributed by atoms with Crippen LogP contribution in [0.25, 0.3) is 6.08 Å². The van der Waals surface area contributed by atoms with Crippen molar-refractivity contribution in [1.29, 1.82) is 0 Å². The number of benzene rings is 1. The van der Waals surface area contributed by atoms with Gasteiger partial charge in [0, 0.05) is 32.4 Å². The van der Waals surface area contributed by atoms with Crippen molar-refractivity contribution in [2.75, 3.05) is 6.54 Å². The maximum Gasteiger partial charge on any atom is 0.300 e. The van der Waals surface area contributed by atoms with E-state index in [1.54, 1.807) is 0 Å². The number of carbonyl (C=O) groups is 2. The van der Waals surface area contributed by atoms with Crippen LogP contribution in [0.2, 0.25) is 0 Å². The third-order valence-corrected chi connectivity index (χ3v) is 2.58. The van der Waals surface area contributed by atoms with Crippen molar-refractivity contribution in [2.24, 2.45) is 0 Å². The van der Waals surface area contributed by atoms with Gasteiger partial charge in [-0.15, -0.1) is 0 Å². The van der Waals surface area contributed by atoms with E-state index in [1.165, 1.54) is 5.56 Å². The molecule has 2 rings (SSSR count). The first-order valence-corrected chi connectivity index (χ1v) is 6.26.